The second-order valence-corrected chi connectivity index (χ2v) is 7.16. The molecule has 2 aliphatic heterocycles. The Hall–Kier alpha value is -2.58. The van der Waals surface area contributed by atoms with Crippen LogP contribution in [0, 0.1) is 0 Å². The van der Waals surface area contributed by atoms with Crippen molar-refractivity contribution in [2.45, 2.75) is 32.0 Å². The molecule has 2 N–H and O–H groups in total. The van der Waals surface area contributed by atoms with Crippen LogP contribution < -0.4 is 15.5 Å². The van der Waals surface area contributed by atoms with Crippen LogP contribution in [0.4, 0.5) is 16.2 Å². The summed E-state index contributed by atoms with van der Waals surface area (Å²) in [6.45, 7) is 5.40. The third-order valence-corrected chi connectivity index (χ3v) is 5.07. The van der Waals surface area contributed by atoms with Crippen LogP contribution in [0.2, 0.25) is 0 Å². The fraction of sp³-hybridized carbons (Fsp3) is 0.500. The second kappa shape index (κ2) is 9.07. The molecule has 2 amide bonds. The van der Waals surface area contributed by atoms with Gasteiger partial charge in [0.15, 0.2) is 0 Å². The van der Waals surface area contributed by atoms with Crippen molar-refractivity contribution >= 4 is 17.4 Å². The van der Waals surface area contributed by atoms with Crippen LogP contribution in [0.25, 0.3) is 0 Å². The van der Waals surface area contributed by atoms with Crippen LogP contribution in [0.5, 0.6) is 0 Å². The van der Waals surface area contributed by atoms with E-state index in [2.05, 4.69) is 32.8 Å². The number of carbonyl (C=O) groups excluding carboxylic acids is 1. The summed E-state index contributed by atoms with van der Waals surface area (Å²) in [5.41, 5.74) is 2.93. The molecule has 150 valence electrons. The minimum absolute atomic E-state index is 0.224. The number of nitrogens with one attached hydrogen (secondary N) is 2. The quantitative estimate of drug-likeness (QED) is 0.797. The summed E-state index contributed by atoms with van der Waals surface area (Å²) >= 11 is 0. The monoisotopic (exact) mass is 385 g/mol. The van der Waals surface area contributed by atoms with Crippen molar-refractivity contribution in [2.75, 3.05) is 43.1 Å². The zero-order valence-electron chi connectivity index (χ0n) is 16.0. The van der Waals surface area contributed by atoms with Crippen LogP contribution in [0.3, 0.4) is 0 Å². The third-order valence-electron chi connectivity index (χ3n) is 5.07. The number of aromatic nitrogens is 2. The molecule has 2 aliphatic rings. The van der Waals surface area contributed by atoms with Gasteiger partial charge in [-0.15, -0.1) is 0 Å². The zero-order valence-corrected chi connectivity index (χ0v) is 16.0. The van der Waals surface area contributed by atoms with Crippen molar-refractivity contribution in [3.63, 3.8) is 0 Å². The molecule has 3 heterocycles. The minimum atomic E-state index is -0.242. The van der Waals surface area contributed by atoms with Crippen LogP contribution in [0.15, 0.2) is 36.7 Å². The number of urea groups is 1. The molecule has 4 rings (SSSR count). The van der Waals surface area contributed by atoms with E-state index in [9.17, 15) is 4.79 Å². The van der Waals surface area contributed by atoms with Gasteiger partial charge >= 0.3 is 6.03 Å². The number of ether oxygens (including phenoxy) is 2. The molecule has 1 atom stereocenters. The lowest BCUT2D eigenvalue weighted by Gasteiger charge is -2.28. The molecule has 0 radical (unpaired) electrons. The van der Waals surface area contributed by atoms with Gasteiger partial charge in [0.25, 0.3) is 0 Å². The fourth-order valence-corrected chi connectivity index (χ4v) is 3.53. The van der Waals surface area contributed by atoms with E-state index in [-0.39, 0.29) is 12.1 Å². The first-order valence-electron chi connectivity index (χ1n) is 9.87. The van der Waals surface area contributed by atoms with E-state index in [1.165, 1.54) is 5.69 Å². The molecule has 8 nitrogen and oxygen atoms in total. The molecule has 1 aromatic carbocycles. The lowest BCUT2D eigenvalue weighted by atomic mass is 10.2. The van der Waals surface area contributed by atoms with Crippen LogP contribution >= 0.6 is 0 Å². The van der Waals surface area contributed by atoms with E-state index >= 15 is 0 Å². The van der Waals surface area contributed by atoms with Gasteiger partial charge in [0, 0.05) is 38.1 Å². The number of rotatable bonds is 6. The number of benzene rings is 1. The number of morpholine rings is 1. The highest BCUT2D eigenvalue weighted by Gasteiger charge is 2.16. The molecule has 8 heteroatoms. The average molecular weight is 385 g/mol. The van der Waals surface area contributed by atoms with Gasteiger partial charge in [-0.3, -0.25) is 4.68 Å². The smallest absolute Gasteiger partial charge is 0.319 e. The highest BCUT2D eigenvalue weighted by atomic mass is 16.5. The summed E-state index contributed by atoms with van der Waals surface area (Å²) in [6.07, 6.45) is 5.88. The maximum absolute atomic E-state index is 12.1. The summed E-state index contributed by atoms with van der Waals surface area (Å²) in [6, 6.07) is 8.04. The van der Waals surface area contributed by atoms with E-state index < -0.39 is 0 Å². The summed E-state index contributed by atoms with van der Waals surface area (Å²) in [5, 5.41) is 9.99. The Kier molecular flexibility index (Phi) is 6.08. The topological polar surface area (TPSA) is 80.7 Å². The van der Waals surface area contributed by atoms with Crippen molar-refractivity contribution in [3.8, 4) is 0 Å². The third kappa shape index (κ3) is 5.02. The zero-order chi connectivity index (χ0) is 19.2. The summed E-state index contributed by atoms with van der Waals surface area (Å²) in [7, 11) is 0. The molecule has 0 saturated carbocycles. The fourth-order valence-electron chi connectivity index (χ4n) is 3.53. The molecule has 2 fully saturated rings. The predicted molar refractivity (Wildman–Crippen MR) is 107 cm³/mol. The Morgan fingerprint density at radius 2 is 2.00 bits per heavy atom. The summed E-state index contributed by atoms with van der Waals surface area (Å²) < 4.78 is 12.8. The minimum Gasteiger partial charge on any atom is -0.378 e. The van der Waals surface area contributed by atoms with Crippen LogP contribution in [0.1, 0.15) is 18.4 Å². The molecule has 0 bridgehead atoms. The number of nitrogens with zero attached hydrogens (tertiary/aromatic N) is 3. The number of hydrogen-bond acceptors (Lipinski definition) is 5. The molecular weight excluding hydrogens is 358 g/mol. The maximum atomic E-state index is 12.1. The van der Waals surface area contributed by atoms with Crippen molar-refractivity contribution in [1.29, 1.82) is 0 Å². The van der Waals surface area contributed by atoms with E-state index in [0.29, 0.717) is 12.2 Å². The second-order valence-electron chi connectivity index (χ2n) is 7.16. The molecule has 28 heavy (non-hydrogen) atoms. The van der Waals surface area contributed by atoms with Gasteiger partial charge in [-0.1, -0.05) is 12.1 Å². The normalized spacial score (nSPS) is 19.6. The van der Waals surface area contributed by atoms with Crippen molar-refractivity contribution in [1.82, 2.24) is 15.1 Å². The van der Waals surface area contributed by atoms with E-state index in [1.54, 1.807) is 6.20 Å². The highest BCUT2D eigenvalue weighted by Crippen LogP contribution is 2.17. The Morgan fingerprint density at radius 1 is 1.18 bits per heavy atom. The van der Waals surface area contributed by atoms with Crippen LogP contribution in [-0.2, 0) is 22.6 Å². The average Bonchev–Trinajstić information content (AvgIpc) is 3.40. The number of amides is 2. The first-order valence-corrected chi connectivity index (χ1v) is 9.87. The summed E-state index contributed by atoms with van der Waals surface area (Å²) in [5.74, 6) is 0. The van der Waals surface area contributed by atoms with E-state index in [0.717, 1.165) is 57.9 Å². The Labute approximate surface area is 164 Å². The van der Waals surface area contributed by atoms with Crippen molar-refractivity contribution in [3.05, 3.63) is 42.2 Å². The Morgan fingerprint density at radius 3 is 2.75 bits per heavy atom. The Balaban J connectivity index is 1.22. The SMILES string of the molecule is O=C(NCc1ccc(N2CCOCC2)cc1)Nc1cnn(CC2CCCO2)c1. The first kappa shape index (κ1) is 18.8. The van der Waals surface area contributed by atoms with Gasteiger partial charge in [-0.25, -0.2) is 4.79 Å². The molecule has 2 aromatic rings. The van der Waals surface area contributed by atoms with Gasteiger partial charge < -0.3 is 25.0 Å². The first-order chi connectivity index (χ1) is 13.8. The maximum Gasteiger partial charge on any atom is 0.319 e. The number of hydrogen-bond donors (Lipinski definition) is 2. The number of anilines is 2. The standard InChI is InChI=1S/C20H27N5O3/c26-20(23-17-13-22-25(14-17)15-19-2-1-9-28-19)21-12-16-3-5-18(6-4-16)24-7-10-27-11-8-24/h3-6,13-14,19H,1-2,7-12,15H2,(H2,21,23,26). The summed E-state index contributed by atoms with van der Waals surface area (Å²) in [4.78, 5) is 14.5. The van der Waals surface area contributed by atoms with Gasteiger partial charge in [-0.05, 0) is 30.5 Å². The number of carbonyl (C=O) groups is 1. The molecule has 0 aliphatic carbocycles. The predicted octanol–water partition coefficient (Wildman–Crippen LogP) is 2.22. The van der Waals surface area contributed by atoms with E-state index in [1.807, 2.05) is 23.0 Å². The van der Waals surface area contributed by atoms with Gasteiger partial charge in [-0.2, -0.15) is 5.10 Å². The molecule has 1 aromatic heterocycles. The lowest BCUT2D eigenvalue weighted by Crippen LogP contribution is -2.36. The molecule has 0 spiro atoms. The van der Waals surface area contributed by atoms with Crippen molar-refractivity contribution in [2.24, 2.45) is 0 Å². The van der Waals surface area contributed by atoms with E-state index in [4.69, 9.17) is 9.47 Å². The lowest BCUT2D eigenvalue weighted by molar-refractivity contribution is 0.0940. The van der Waals surface area contributed by atoms with Gasteiger partial charge in [0.05, 0.1) is 37.7 Å². The molecular formula is C20H27N5O3. The molecule has 1 unspecified atom stereocenters. The van der Waals surface area contributed by atoms with Gasteiger partial charge in [0.2, 0.25) is 0 Å². The highest BCUT2D eigenvalue weighted by molar-refractivity contribution is 5.88. The van der Waals surface area contributed by atoms with Gasteiger partial charge in [0.1, 0.15) is 0 Å². The Bertz CT molecular complexity index is 764. The molecule has 2 saturated heterocycles. The van der Waals surface area contributed by atoms with Crippen molar-refractivity contribution < 1.29 is 14.3 Å². The largest absolute Gasteiger partial charge is 0.378 e. The van der Waals surface area contributed by atoms with Crippen LogP contribution in [-0.4, -0.2) is 54.8 Å².